The van der Waals surface area contributed by atoms with Crippen LogP contribution in [0.15, 0.2) is 47.5 Å². The van der Waals surface area contributed by atoms with E-state index < -0.39 is 0 Å². The fraction of sp³-hybridized carbons (Fsp3) is 0.278. The Labute approximate surface area is 142 Å². The van der Waals surface area contributed by atoms with Gasteiger partial charge in [-0.15, -0.1) is 0 Å². The number of benzene rings is 2. The predicted octanol–water partition coefficient (Wildman–Crippen LogP) is 2.82. The third kappa shape index (κ3) is 5.24. The van der Waals surface area contributed by atoms with Gasteiger partial charge in [-0.25, -0.2) is 9.38 Å². The first-order valence-corrected chi connectivity index (χ1v) is 7.61. The highest BCUT2D eigenvalue weighted by molar-refractivity contribution is 5.92. The minimum atomic E-state index is -0.209. The zero-order valence-corrected chi connectivity index (χ0v) is 14.2. The van der Waals surface area contributed by atoms with E-state index in [1.165, 1.54) is 6.07 Å². The fourth-order valence-corrected chi connectivity index (χ4v) is 2.25. The topological polar surface area (TPSA) is 62.9 Å². The lowest BCUT2D eigenvalue weighted by molar-refractivity contribution is 0.392. The average molecular weight is 330 g/mol. The zero-order chi connectivity index (χ0) is 17.5. The van der Waals surface area contributed by atoms with Crippen LogP contribution >= 0.6 is 0 Å². The van der Waals surface area contributed by atoms with Crippen LogP contribution in [0, 0.1) is 5.82 Å². The van der Waals surface area contributed by atoms with Crippen molar-refractivity contribution in [3.05, 3.63) is 59.4 Å². The molecule has 0 saturated carbocycles. The SMILES string of the molecule is COc1cccc(NC(N)=NCc2ccc(F)c(CN(C)C)c2)c1. The molecule has 0 bridgehead atoms. The van der Waals surface area contributed by atoms with Crippen LogP contribution in [0.1, 0.15) is 11.1 Å². The maximum absolute atomic E-state index is 13.8. The second-order valence-corrected chi connectivity index (χ2v) is 5.72. The highest BCUT2D eigenvalue weighted by atomic mass is 19.1. The summed E-state index contributed by atoms with van der Waals surface area (Å²) >= 11 is 0. The third-order valence-electron chi connectivity index (χ3n) is 3.37. The van der Waals surface area contributed by atoms with Gasteiger partial charge in [0.1, 0.15) is 11.6 Å². The van der Waals surface area contributed by atoms with Crippen LogP contribution < -0.4 is 15.8 Å². The van der Waals surface area contributed by atoms with Gasteiger partial charge in [0.05, 0.1) is 13.7 Å². The van der Waals surface area contributed by atoms with Gasteiger partial charge in [0.2, 0.25) is 0 Å². The van der Waals surface area contributed by atoms with Gasteiger partial charge in [0.15, 0.2) is 5.96 Å². The summed E-state index contributed by atoms with van der Waals surface area (Å²) in [5.74, 6) is 0.820. The van der Waals surface area contributed by atoms with E-state index in [0.717, 1.165) is 17.0 Å². The van der Waals surface area contributed by atoms with E-state index in [-0.39, 0.29) is 5.82 Å². The number of nitrogens with one attached hydrogen (secondary N) is 1. The summed E-state index contributed by atoms with van der Waals surface area (Å²) in [6, 6.07) is 12.4. The summed E-state index contributed by atoms with van der Waals surface area (Å²) < 4.78 is 18.9. The second kappa shape index (κ2) is 8.31. The maximum atomic E-state index is 13.8. The van der Waals surface area contributed by atoms with E-state index in [9.17, 15) is 4.39 Å². The standard InChI is InChI=1S/C18H23FN4O/c1-23(2)12-14-9-13(7-8-17(14)19)11-21-18(20)22-15-5-4-6-16(10-15)24-3/h4-10H,11-12H2,1-3H3,(H3,20,21,22). The number of guanidine groups is 1. The average Bonchev–Trinajstić information content (AvgIpc) is 2.55. The van der Waals surface area contributed by atoms with E-state index in [2.05, 4.69) is 10.3 Å². The highest BCUT2D eigenvalue weighted by Crippen LogP contribution is 2.16. The third-order valence-corrected chi connectivity index (χ3v) is 3.37. The number of ether oxygens (including phenoxy) is 1. The molecular formula is C18H23FN4O. The van der Waals surface area contributed by atoms with Crippen molar-refractivity contribution in [1.29, 1.82) is 0 Å². The number of aliphatic imine (C=N–C) groups is 1. The van der Waals surface area contributed by atoms with Crippen LogP contribution in [-0.2, 0) is 13.1 Å². The Kier molecular flexibility index (Phi) is 6.14. The maximum Gasteiger partial charge on any atom is 0.193 e. The fourth-order valence-electron chi connectivity index (χ4n) is 2.25. The van der Waals surface area contributed by atoms with Crippen molar-refractivity contribution in [3.63, 3.8) is 0 Å². The number of nitrogens with zero attached hydrogens (tertiary/aromatic N) is 2. The second-order valence-electron chi connectivity index (χ2n) is 5.72. The Bertz CT molecular complexity index is 716. The van der Waals surface area contributed by atoms with Gasteiger partial charge in [0, 0.05) is 23.9 Å². The Morgan fingerprint density at radius 2 is 2.04 bits per heavy atom. The lowest BCUT2D eigenvalue weighted by Crippen LogP contribution is -2.22. The normalized spacial score (nSPS) is 11.6. The summed E-state index contributed by atoms with van der Waals surface area (Å²) in [6.07, 6.45) is 0. The summed E-state index contributed by atoms with van der Waals surface area (Å²) in [7, 11) is 5.41. The van der Waals surface area contributed by atoms with Crippen molar-refractivity contribution in [3.8, 4) is 5.75 Å². The first-order chi connectivity index (χ1) is 11.5. The Morgan fingerprint density at radius 1 is 1.25 bits per heavy atom. The molecule has 0 aromatic heterocycles. The molecular weight excluding hydrogens is 307 g/mol. The van der Waals surface area contributed by atoms with Crippen LogP contribution in [-0.4, -0.2) is 32.1 Å². The van der Waals surface area contributed by atoms with Crippen molar-refractivity contribution in [2.75, 3.05) is 26.5 Å². The molecule has 0 atom stereocenters. The molecule has 2 aromatic carbocycles. The number of halogens is 1. The summed E-state index contributed by atoms with van der Waals surface area (Å²) in [5, 5.41) is 3.01. The van der Waals surface area contributed by atoms with Crippen LogP contribution in [0.3, 0.4) is 0 Å². The molecule has 0 radical (unpaired) electrons. The molecule has 2 rings (SSSR count). The summed E-state index contributed by atoms with van der Waals surface area (Å²) in [4.78, 5) is 6.22. The molecule has 3 N–H and O–H groups in total. The molecule has 0 unspecified atom stereocenters. The van der Waals surface area contributed by atoms with Crippen molar-refractivity contribution in [2.24, 2.45) is 10.7 Å². The quantitative estimate of drug-likeness (QED) is 0.631. The minimum absolute atomic E-state index is 0.209. The minimum Gasteiger partial charge on any atom is -0.497 e. The molecule has 0 spiro atoms. The lowest BCUT2D eigenvalue weighted by atomic mass is 10.1. The molecule has 0 aliphatic carbocycles. The van der Waals surface area contributed by atoms with Crippen molar-refractivity contribution in [1.82, 2.24) is 4.90 Å². The number of rotatable bonds is 6. The lowest BCUT2D eigenvalue weighted by Gasteiger charge is -2.11. The smallest absolute Gasteiger partial charge is 0.193 e. The summed E-state index contributed by atoms with van der Waals surface area (Å²) in [6.45, 7) is 0.921. The number of hydrogen-bond acceptors (Lipinski definition) is 3. The molecule has 0 fully saturated rings. The summed E-state index contributed by atoms with van der Waals surface area (Å²) in [5.41, 5.74) is 8.26. The molecule has 6 heteroatoms. The Balaban J connectivity index is 2.03. The first-order valence-electron chi connectivity index (χ1n) is 7.61. The molecule has 0 aliphatic rings. The van der Waals surface area contributed by atoms with Crippen LogP contribution in [0.25, 0.3) is 0 Å². The molecule has 128 valence electrons. The van der Waals surface area contributed by atoms with Crippen molar-refractivity contribution >= 4 is 11.6 Å². The van der Waals surface area contributed by atoms with Crippen LogP contribution in [0.4, 0.5) is 10.1 Å². The monoisotopic (exact) mass is 330 g/mol. The molecule has 2 aromatic rings. The van der Waals surface area contributed by atoms with Crippen LogP contribution in [0.2, 0.25) is 0 Å². The number of methoxy groups -OCH3 is 1. The largest absolute Gasteiger partial charge is 0.497 e. The number of nitrogens with two attached hydrogens (primary N) is 1. The first kappa shape index (κ1) is 17.7. The molecule has 0 amide bonds. The Morgan fingerprint density at radius 3 is 2.75 bits per heavy atom. The number of hydrogen-bond donors (Lipinski definition) is 2. The molecule has 5 nitrogen and oxygen atoms in total. The van der Waals surface area contributed by atoms with E-state index in [0.29, 0.717) is 24.6 Å². The van der Waals surface area contributed by atoms with Gasteiger partial charge in [-0.05, 0) is 43.9 Å². The van der Waals surface area contributed by atoms with Crippen molar-refractivity contribution in [2.45, 2.75) is 13.1 Å². The van der Waals surface area contributed by atoms with Gasteiger partial charge >= 0.3 is 0 Å². The van der Waals surface area contributed by atoms with Gasteiger partial charge in [-0.1, -0.05) is 12.1 Å². The molecule has 0 aliphatic heterocycles. The number of anilines is 1. The van der Waals surface area contributed by atoms with E-state index in [4.69, 9.17) is 10.5 Å². The predicted molar refractivity (Wildman–Crippen MR) is 95.7 cm³/mol. The zero-order valence-electron chi connectivity index (χ0n) is 14.2. The van der Waals surface area contributed by atoms with Gasteiger partial charge in [-0.3, -0.25) is 0 Å². The molecule has 0 heterocycles. The Hall–Kier alpha value is -2.60. The molecule has 0 saturated heterocycles. The molecule has 24 heavy (non-hydrogen) atoms. The van der Waals surface area contributed by atoms with E-state index >= 15 is 0 Å². The van der Waals surface area contributed by atoms with Gasteiger partial charge in [-0.2, -0.15) is 0 Å². The van der Waals surface area contributed by atoms with Gasteiger partial charge < -0.3 is 20.7 Å². The van der Waals surface area contributed by atoms with Crippen LogP contribution in [0.5, 0.6) is 5.75 Å². The van der Waals surface area contributed by atoms with Crippen molar-refractivity contribution < 1.29 is 9.13 Å². The van der Waals surface area contributed by atoms with E-state index in [1.54, 1.807) is 13.2 Å². The van der Waals surface area contributed by atoms with Gasteiger partial charge in [0.25, 0.3) is 0 Å². The highest BCUT2D eigenvalue weighted by Gasteiger charge is 2.05. The van der Waals surface area contributed by atoms with E-state index in [1.807, 2.05) is 49.3 Å².